The van der Waals surface area contributed by atoms with Crippen molar-refractivity contribution >= 4 is 15.9 Å². The Kier molecular flexibility index (Phi) is 3.44. The van der Waals surface area contributed by atoms with E-state index >= 15 is 0 Å². The van der Waals surface area contributed by atoms with Gasteiger partial charge in [0.15, 0.2) is 11.6 Å². The van der Waals surface area contributed by atoms with Gasteiger partial charge in [0.05, 0.1) is 0 Å². The lowest BCUT2D eigenvalue weighted by molar-refractivity contribution is 0.506. The van der Waals surface area contributed by atoms with Gasteiger partial charge in [-0.05, 0) is 24.1 Å². The fraction of sp³-hybridized carbons (Fsp3) is 0.200. The quantitative estimate of drug-likeness (QED) is 0.554. The van der Waals surface area contributed by atoms with E-state index in [2.05, 4.69) is 21.9 Å². The summed E-state index contributed by atoms with van der Waals surface area (Å²) in [5, 5.41) is 0. The summed E-state index contributed by atoms with van der Waals surface area (Å²) in [5.74, 6) is 0.752. The normalized spacial score (nSPS) is 9.69. The van der Waals surface area contributed by atoms with Gasteiger partial charge in [-0.25, -0.2) is 8.78 Å². The van der Waals surface area contributed by atoms with Crippen molar-refractivity contribution in [2.24, 2.45) is 0 Å². The van der Waals surface area contributed by atoms with E-state index in [1.807, 2.05) is 0 Å². The molecule has 68 valence electrons. The Hall–Kier alpha value is -0.880. The van der Waals surface area contributed by atoms with E-state index in [9.17, 15) is 8.78 Å². The molecule has 1 rings (SSSR count). The van der Waals surface area contributed by atoms with Gasteiger partial charge in [-0.15, -0.1) is 12.3 Å². The molecule has 0 nitrogen and oxygen atoms in total. The topological polar surface area (TPSA) is 0 Å². The van der Waals surface area contributed by atoms with E-state index in [0.29, 0.717) is 22.9 Å². The fourth-order valence-corrected chi connectivity index (χ4v) is 1.48. The first-order valence-corrected chi connectivity index (χ1v) is 4.51. The molecule has 0 amide bonds. The van der Waals surface area contributed by atoms with Crippen LogP contribution in [0.4, 0.5) is 8.78 Å². The molecule has 0 aromatic heterocycles. The zero-order chi connectivity index (χ0) is 9.84. The predicted octanol–water partition coefficient (Wildman–Crippen LogP) is 3.29. The van der Waals surface area contributed by atoms with Gasteiger partial charge in [-0.3, -0.25) is 0 Å². The lowest BCUT2D eigenvalue weighted by atomic mass is 10.1. The molecule has 0 bridgehead atoms. The van der Waals surface area contributed by atoms with Gasteiger partial charge in [-0.2, -0.15) is 0 Å². The van der Waals surface area contributed by atoms with Gasteiger partial charge in [0.1, 0.15) is 0 Å². The Labute approximate surface area is 84.1 Å². The zero-order valence-corrected chi connectivity index (χ0v) is 8.37. The van der Waals surface area contributed by atoms with Crippen LogP contribution < -0.4 is 0 Å². The van der Waals surface area contributed by atoms with Crippen molar-refractivity contribution in [1.29, 1.82) is 0 Å². The number of halogens is 3. The van der Waals surface area contributed by atoms with Gasteiger partial charge in [0.25, 0.3) is 0 Å². The molecule has 0 aliphatic rings. The Morgan fingerprint density at radius 3 is 2.54 bits per heavy atom. The summed E-state index contributed by atoms with van der Waals surface area (Å²) >= 11 is 3.14. The smallest absolute Gasteiger partial charge is 0.159 e. The Morgan fingerprint density at radius 1 is 1.31 bits per heavy atom. The number of hydrogen-bond donors (Lipinski definition) is 0. The van der Waals surface area contributed by atoms with Crippen molar-refractivity contribution in [1.82, 2.24) is 0 Å². The molecular formula is C10H7BrF2. The monoisotopic (exact) mass is 244 g/mol. The Morgan fingerprint density at radius 2 is 1.92 bits per heavy atom. The van der Waals surface area contributed by atoms with Crippen LogP contribution >= 0.6 is 15.9 Å². The molecule has 0 N–H and O–H groups in total. The highest BCUT2D eigenvalue weighted by Gasteiger charge is 2.06. The molecule has 1 aromatic rings. The average Bonchev–Trinajstić information content (AvgIpc) is 2.09. The van der Waals surface area contributed by atoms with E-state index < -0.39 is 11.6 Å². The minimum atomic E-state index is -0.851. The largest absolute Gasteiger partial charge is 0.204 e. The highest BCUT2D eigenvalue weighted by atomic mass is 79.9. The zero-order valence-electron chi connectivity index (χ0n) is 6.78. The summed E-state index contributed by atoms with van der Waals surface area (Å²) in [5.41, 5.74) is 0.692. The van der Waals surface area contributed by atoms with Crippen LogP contribution in [0.3, 0.4) is 0 Å². The molecule has 0 aliphatic heterocycles. The van der Waals surface area contributed by atoms with Gasteiger partial charge in [0, 0.05) is 10.9 Å². The third-order valence-corrected chi connectivity index (χ3v) is 2.37. The Bertz CT molecular complexity index is 353. The van der Waals surface area contributed by atoms with Crippen LogP contribution in [0.5, 0.6) is 0 Å². The fourth-order valence-electron chi connectivity index (χ4n) is 0.962. The van der Waals surface area contributed by atoms with Gasteiger partial charge in [0.2, 0.25) is 0 Å². The van der Waals surface area contributed by atoms with Crippen LogP contribution in [-0.4, -0.2) is 0 Å². The first kappa shape index (κ1) is 10.2. The molecule has 0 saturated heterocycles. The highest BCUT2D eigenvalue weighted by molar-refractivity contribution is 9.10. The van der Waals surface area contributed by atoms with Crippen molar-refractivity contribution in [2.75, 3.05) is 0 Å². The van der Waals surface area contributed by atoms with E-state index in [4.69, 9.17) is 6.42 Å². The van der Waals surface area contributed by atoms with Gasteiger partial charge >= 0.3 is 0 Å². The van der Waals surface area contributed by atoms with Crippen molar-refractivity contribution < 1.29 is 8.78 Å². The van der Waals surface area contributed by atoms with Crippen LogP contribution in [0.25, 0.3) is 0 Å². The molecule has 0 unspecified atom stereocenters. The molecule has 13 heavy (non-hydrogen) atoms. The molecule has 0 radical (unpaired) electrons. The second-order valence-electron chi connectivity index (χ2n) is 2.56. The molecular weight excluding hydrogens is 238 g/mol. The lowest BCUT2D eigenvalue weighted by Gasteiger charge is -2.02. The summed E-state index contributed by atoms with van der Waals surface area (Å²) in [6.07, 6.45) is 6.13. The maximum absolute atomic E-state index is 12.7. The summed E-state index contributed by atoms with van der Waals surface area (Å²) in [6.45, 7) is 0. The SMILES string of the molecule is C#CCCc1cc(F)c(F)cc1Br. The number of benzene rings is 1. The summed E-state index contributed by atoms with van der Waals surface area (Å²) in [4.78, 5) is 0. The van der Waals surface area contributed by atoms with E-state index in [0.717, 1.165) is 12.1 Å². The average molecular weight is 245 g/mol. The third-order valence-electron chi connectivity index (χ3n) is 1.63. The molecule has 0 fully saturated rings. The number of aryl methyl sites for hydroxylation is 1. The number of rotatable bonds is 2. The maximum Gasteiger partial charge on any atom is 0.159 e. The minimum Gasteiger partial charge on any atom is -0.204 e. The minimum absolute atomic E-state index is 0.518. The lowest BCUT2D eigenvalue weighted by Crippen LogP contribution is -1.91. The van der Waals surface area contributed by atoms with Crippen LogP contribution in [0.1, 0.15) is 12.0 Å². The maximum atomic E-state index is 12.7. The molecule has 0 heterocycles. The molecule has 3 heteroatoms. The van der Waals surface area contributed by atoms with Gasteiger partial charge < -0.3 is 0 Å². The standard InChI is InChI=1S/C10H7BrF2/c1-2-3-4-7-5-9(12)10(13)6-8(7)11/h1,5-6H,3-4H2. The predicted molar refractivity (Wildman–Crippen MR) is 51.2 cm³/mol. The number of hydrogen-bond acceptors (Lipinski definition) is 0. The van der Waals surface area contributed by atoms with E-state index in [1.54, 1.807) is 0 Å². The van der Waals surface area contributed by atoms with Crippen LogP contribution in [-0.2, 0) is 6.42 Å². The van der Waals surface area contributed by atoms with E-state index in [1.165, 1.54) is 0 Å². The van der Waals surface area contributed by atoms with Crippen molar-refractivity contribution in [3.05, 3.63) is 33.8 Å². The van der Waals surface area contributed by atoms with Crippen molar-refractivity contribution in [2.45, 2.75) is 12.8 Å². The van der Waals surface area contributed by atoms with Crippen LogP contribution in [0.15, 0.2) is 16.6 Å². The van der Waals surface area contributed by atoms with Gasteiger partial charge in [-0.1, -0.05) is 15.9 Å². The second-order valence-corrected chi connectivity index (χ2v) is 3.42. The van der Waals surface area contributed by atoms with Crippen LogP contribution in [0.2, 0.25) is 0 Å². The van der Waals surface area contributed by atoms with Crippen molar-refractivity contribution in [3.8, 4) is 12.3 Å². The third kappa shape index (κ3) is 2.53. The number of terminal acetylenes is 1. The molecule has 0 spiro atoms. The Balaban J connectivity index is 2.96. The highest BCUT2D eigenvalue weighted by Crippen LogP contribution is 2.21. The summed E-state index contributed by atoms with van der Waals surface area (Å²) < 4.78 is 25.9. The van der Waals surface area contributed by atoms with Crippen LogP contribution in [0, 0.1) is 24.0 Å². The first-order valence-electron chi connectivity index (χ1n) is 3.72. The molecule has 0 atom stereocenters. The summed E-state index contributed by atoms with van der Waals surface area (Å²) in [7, 11) is 0. The summed E-state index contributed by atoms with van der Waals surface area (Å²) in [6, 6.07) is 2.28. The molecule has 0 aliphatic carbocycles. The van der Waals surface area contributed by atoms with E-state index in [-0.39, 0.29) is 0 Å². The molecule has 1 aromatic carbocycles. The van der Waals surface area contributed by atoms with Crippen molar-refractivity contribution in [3.63, 3.8) is 0 Å². The second kappa shape index (κ2) is 4.38. The molecule has 0 saturated carbocycles. The first-order chi connectivity index (χ1) is 6.15.